The first-order valence-corrected chi connectivity index (χ1v) is 11.0. The van der Waals surface area contributed by atoms with E-state index in [2.05, 4.69) is 26.6 Å². The summed E-state index contributed by atoms with van der Waals surface area (Å²) in [5.74, 6) is 0.761. The summed E-state index contributed by atoms with van der Waals surface area (Å²) in [5.41, 5.74) is 2.11. The summed E-state index contributed by atoms with van der Waals surface area (Å²) in [6.45, 7) is 4.23. The van der Waals surface area contributed by atoms with Gasteiger partial charge in [-0.15, -0.1) is 0 Å². The second-order valence-corrected chi connectivity index (χ2v) is 8.31. The van der Waals surface area contributed by atoms with Crippen LogP contribution in [0.3, 0.4) is 0 Å². The maximum absolute atomic E-state index is 12.8. The summed E-state index contributed by atoms with van der Waals surface area (Å²) in [4.78, 5) is 12.8. The first-order valence-electron chi connectivity index (χ1n) is 9.76. The van der Waals surface area contributed by atoms with Crippen LogP contribution in [0.2, 0.25) is 0 Å². The maximum atomic E-state index is 12.8. The molecule has 3 rings (SSSR count). The van der Waals surface area contributed by atoms with E-state index in [4.69, 9.17) is 21.7 Å². The molecule has 0 atom stereocenters. The molecule has 7 heteroatoms. The molecular weight excluding hydrogens is 476 g/mol. The fourth-order valence-corrected chi connectivity index (χ4v) is 3.36. The molecule has 0 spiro atoms. The van der Waals surface area contributed by atoms with Crippen molar-refractivity contribution in [3.05, 3.63) is 88.4 Å². The van der Waals surface area contributed by atoms with E-state index in [1.54, 1.807) is 12.1 Å². The molecule has 0 saturated heterocycles. The van der Waals surface area contributed by atoms with E-state index in [1.165, 1.54) is 0 Å². The molecule has 0 unspecified atom stereocenters. The van der Waals surface area contributed by atoms with E-state index in [1.807, 2.05) is 74.5 Å². The van der Waals surface area contributed by atoms with Crippen LogP contribution < -0.4 is 20.1 Å². The molecule has 3 aromatic carbocycles. The van der Waals surface area contributed by atoms with Crippen LogP contribution in [0.1, 0.15) is 29.8 Å². The molecule has 0 radical (unpaired) electrons. The van der Waals surface area contributed by atoms with Gasteiger partial charge in [0.15, 0.2) is 5.11 Å². The number of anilines is 1. The molecule has 5 nitrogen and oxygen atoms in total. The average molecular weight is 499 g/mol. The van der Waals surface area contributed by atoms with Crippen LogP contribution in [0.25, 0.3) is 0 Å². The van der Waals surface area contributed by atoms with Crippen LogP contribution in [-0.2, 0) is 6.61 Å². The highest BCUT2D eigenvalue weighted by Crippen LogP contribution is 2.26. The highest BCUT2D eigenvalue weighted by molar-refractivity contribution is 9.10. The minimum Gasteiger partial charge on any atom is -0.490 e. The molecule has 1 amide bonds. The summed E-state index contributed by atoms with van der Waals surface area (Å²) in [6, 6.07) is 22.6. The lowest BCUT2D eigenvalue weighted by atomic mass is 10.2. The van der Waals surface area contributed by atoms with Crippen molar-refractivity contribution >= 4 is 44.9 Å². The highest BCUT2D eigenvalue weighted by atomic mass is 79.9. The Kier molecular flexibility index (Phi) is 8.03. The van der Waals surface area contributed by atoms with Crippen LogP contribution in [0.5, 0.6) is 11.5 Å². The van der Waals surface area contributed by atoms with Crippen molar-refractivity contribution in [3.63, 3.8) is 0 Å². The second-order valence-electron chi connectivity index (χ2n) is 6.99. The maximum Gasteiger partial charge on any atom is 0.261 e. The number of halogens is 1. The Morgan fingerprint density at radius 3 is 2.45 bits per heavy atom. The van der Waals surface area contributed by atoms with E-state index >= 15 is 0 Å². The SMILES string of the molecule is CC(C)Oc1ccc(Br)cc1C(=O)NC(=S)Nc1ccccc1OCc1ccccc1. The molecule has 0 bridgehead atoms. The van der Waals surface area contributed by atoms with E-state index < -0.39 is 0 Å². The van der Waals surface area contributed by atoms with Crippen molar-refractivity contribution in [1.82, 2.24) is 5.32 Å². The first kappa shape index (κ1) is 22.8. The number of thiocarbonyl (C=S) groups is 1. The number of carbonyl (C=O) groups excluding carboxylic acids is 1. The van der Waals surface area contributed by atoms with Gasteiger partial charge in [-0.05, 0) is 62.0 Å². The number of para-hydroxylation sites is 2. The zero-order valence-corrected chi connectivity index (χ0v) is 19.6. The van der Waals surface area contributed by atoms with Gasteiger partial charge in [-0.1, -0.05) is 58.4 Å². The lowest BCUT2D eigenvalue weighted by Crippen LogP contribution is -2.34. The van der Waals surface area contributed by atoms with Gasteiger partial charge in [0, 0.05) is 4.47 Å². The molecule has 0 aliphatic rings. The zero-order chi connectivity index (χ0) is 22.2. The van der Waals surface area contributed by atoms with Gasteiger partial charge in [-0.25, -0.2) is 0 Å². The minimum absolute atomic E-state index is 0.0635. The molecular formula is C24H23BrN2O3S. The molecule has 2 N–H and O–H groups in total. The van der Waals surface area contributed by atoms with Gasteiger partial charge in [0.1, 0.15) is 18.1 Å². The van der Waals surface area contributed by atoms with E-state index in [0.29, 0.717) is 29.4 Å². The Hall–Kier alpha value is -2.90. The Bertz CT molecular complexity index is 1060. The number of rotatable bonds is 7. The number of nitrogens with one attached hydrogen (secondary N) is 2. The van der Waals surface area contributed by atoms with E-state index in [-0.39, 0.29) is 17.1 Å². The number of carbonyl (C=O) groups is 1. The van der Waals surface area contributed by atoms with Crippen molar-refractivity contribution in [3.8, 4) is 11.5 Å². The van der Waals surface area contributed by atoms with Gasteiger partial charge in [0.2, 0.25) is 0 Å². The quantitative estimate of drug-likeness (QED) is 0.394. The molecule has 0 saturated carbocycles. The lowest BCUT2D eigenvalue weighted by Gasteiger charge is -2.16. The fraction of sp³-hybridized carbons (Fsp3) is 0.167. The first-order chi connectivity index (χ1) is 14.9. The summed E-state index contributed by atoms with van der Waals surface area (Å²) in [7, 11) is 0. The van der Waals surface area contributed by atoms with Crippen molar-refractivity contribution in [2.75, 3.05) is 5.32 Å². The Morgan fingerprint density at radius 1 is 1.00 bits per heavy atom. The lowest BCUT2D eigenvalue weighted by molar-refractivity contribution is 0.0972. The van der Waals surface area contributed by atoms with Gasteiger partial charge in [0.25, 0.3) is 5.91 Å². The largest absolute Gasteiger partial charge is 0.490 e. The molecule has 0 aliphatic heterocycles. The number of amides is 1. The van der Waals surface area contributed by atoms with Crippen LogP contribution in [0.4, 0.5) is 5.69 Å². The predicted octanol–water partition coefficient (Wildman–Crippen LogP) is 5.94. The van der Waals surface area contributed by atoms with Gasteiger partial charge in [-0.3, -0.25) is 10.1 Å². The smallest absolute Gasteiger partial charge is 0.261 e. The van der Waals surface area contributed by atoms with Gasteiger partial charge < -0.3 is 14.8 Å². The van der Waals surface area contributed by atoms with Crippen molar-refractivity contribution in [2.45, 2.75) is 26.6 Å². The Balaban J connectivity index is 1.67. The third-order valence-corrected chi connectivity index (χ3v) is 4.85. The topological polar surface area (TPSA) is 59.6 Å². The standard InChI is InChI=1S/C24H23BrN2O3S/c1-16(2)30-21-13-12-18(25)14-19(21)23(28)27-24(31)26-20-10-6-7-11-22(20)29-15-17-8-4-3-5-9-17/h3-14,16H,15H2,1-2H3,(H2,26,27,28,31). The third kappa shape index (κ3) is 6.80. The van der Waals surface area contributed by atoms with Gasteiger partial charge >= 0.3 is 0 Å². The second kappa shape index (κ2) is 10.9. The highest BCUT2D eigenvalue weighted by Gasteiger charge is 2.16. The molecule has 31 heavy (non-hydrogen) atoms. The van der Waals surface area contributed by atoms with Gasteiger partial charge in [-0.2, -0.15) is 0 Å². The van der Waals surface area contributed by atoms with Crippen molar-refractivity contribution in [2.24, 2.45) is 0 Å². The summed E-state index contributed by atoms with van der Waals surface area (Å²) < 4.78 is 12.5. The fourth-order valence-electron chi connectivity index (χ4n) is 2.79. The predicted molar refractivity (Wildman–Crippen MR) is 131 cm³/mol. The number of hydrogen-bond acceptors (Lipinski definition) is 4. The molecule has 160 valence electrons. The van der Waals surface area contributed by atoms with Crippen molar-refractivity contribution < 1.29 is 14.3 Å². The monoisotopic (exact) mass is 498 g/mol. The van der Waals surface area contributed by atoms with E-state index in [9.17, 15) is 4.79 Å². The number of hydrogen-bond donors (Lipinski definition) is 2. The van der Waals surface area contributed by atoms with Crippen LogP contribution >= 0.6 is 28.1 Å². The summed E-state index contributed by atoms with van der Waals surface area (Å²) >= 11 is 8.76. The normalized spacial score (nSPS) is 10.5. The van der Waals surface area contributed by atoms with Crippen LogP contribution in [0, 0.1) is 0 Å². The molecule has 0 fully saturated rings. The number of ether oxygens (including phenoxy) is 2. The molecule has 3 aromatic rings. The average Bonchev–Trinajstić information content (AvgIpc) is 2.74. The number of benzene rings is 3. The van der Waals surface area contributed by atoms with Crippen LogP contribution in [-0.4, -0.2) is 17.1 Å². The van der Waals surface area contributed by atoms with Crippen molar-refractivity contribution in [1.29, 1.82) is 0 Å². The summed E-state index contributed by atoms with van der Waals surface area (Å²) in [5, 5.41) is 5.92. The zero-order valence-electron chi connectivity index (χ0n) is 17.2. The molecule has 0 aromatic heterocycles. The molecule has 0 aliphatic carbocycles. The Labute approximate surface area is 195 Å². The van der Waals surface area contributed by atoms with Crippen LogP contribution in [0.15, 0.2) is 77.3 Å². The minimum atomic E-state index is -0.364. The van der Waals surface area contributed by atoms with E-state index in [0.717, 1.165) is 10.0 Å². The molecule has 0 heterocycles. The summed E-state index contributed by atoms with van der Waals surface area (Å²) in [6.07, 6.45) is -0.0635. The third-order valence-electron chi connectivity index (χ3n) is 4.15. The van der Waals surface area contributed by atoms with Gasteiger partial charge in [0.05, 0.1) is 17.4 Å². The Morgan fingerprint density at radius 2 is 1.71 bits per heavy atom.